The number of fused-ring (bicyclic) bond motifs is 1. The summed E-state index contributed by atoms with van der Waals surface area (Å²) in [7, 11) is 0. The molecule has 0 spiro atoms. The molecule has 6 heteroatoms. The minimum atomic E-state index is -0.753. The summed E-state index contributed by atoms with van der Waals surface area (Å²) in [6.07, 6.45) is -0.753. The molecule has 2 aromatic carbocycles. The number of nitrogens with one attached hydrogen (secondary N) is 2. The van der Waals surface area contributed by atoms with Crippen LogP contribution in [0.4, 0.5) is 10.5 Å². The molecule has 1 atom stereocenters. The Morgan fingerprint density at radius 2 is 1.96 bits per heavy atom. The smallest absolute Gasteiger partial charge is 0.319 e. The zero-order valence-corrected chi connectivity index (χ0v) is 13.5. The van der Waals surface area contributed by atoms with Crippen LogP contribution in [0.3, 0.4) is 0 Å². The van der Waals surface area contributed by atoms with Crippen molar-refractivity contribution in [3.63, 3.8) is 0 Å². The summed E-state index contributed by atoms with van der Waals surface area (Å²) in [5, 5.41) is 15.5. The van der Waals surface area contributed by atoms with Gasteiger partial charge in [0.2, 0.25) is 0 Å². The predicted octanol–water partition coefficient (Wildman–Crippen LogP) is 3.30. The fourth-order valence-corrected chi connectivity index (χ4v) is 2.39. The van der Waals surface area contributed by atoms with Gasteiger partial charge in [-0.2, -0.15) is 0 Å². The monoisotopic (exact) mass is 325 g/mol. The first-order chi connectivity index (χ1) is 11.5. The average Bonchev–Trinajstić information content (AvgIpc) is 2.92. The van der Waals surface area contributed by atoms with Crippen molar-refractivity contribution >= 4 is 22.8 Å². The molecular formula is C18H19N3O3. The van der Waals surface area contributed by atoms with E-state index in [1.807, 2.05) is 31.2 Å². The fourth-order valence-electron chi connectivity index (χ4n) is 2.39. The Bertz CT molecular complexity index is 856. The van der Waals surface area contributed by atoms with Crippen LogP contribution in [0.1, 0.15) is 23.1 Å². The van der Waals surface area contributed by atoms with E-state index in [1.54, 1.807) is 25.1 Å². The van der Waals surface area contributed by atoms with Gasteiger partial charge in [-0.3, -0.25) is 0 Å². The van der Waals surface area contributed by atoms with Gasteiger partial charge in [-0.15, -0.1) is 0 Å². The molecule has 0 radical (unpaired) electrons. The Hall–Kier alpha value is -2.86. The molecule has 0 fully saturated rings. The third-order valence-electron chi connectivity index (χ3n) is 3.67. The molecule has 3 aromatic rings. The molecule has 2 amide bonds. The number of benzene rings is 2. The number of urea groups is 1. The molecule has 6 nitrogen and oxygen atoms in total. The lowest BCUT2D eigenvalue weighted by molar-refractivity contribution is 0.175. The van der Waals surface area contributed by atoms with Crippen molar-refractivity contribution < 1.29 is 14.3 Å². The van der Waals surface area contributed by atoms with Gasteiger partial charge in [0.15, 0.2) is 11.5 Å². The Labute approximate surface area is 139 Å². The van der Waals surface area contributed by atoms with E-state index in [4.69, 9.17) is 4.42 Å². The van der Waals surface area contributed by atoms with Crippen LogP contribution in [0.2, 0.25) is 0 Å². The second kappa shape index (κ2) is 6.72. The van der Waals surface area contributed by atoms with Crippen LogP contribution in [-0.4, -0.2) is 22.7 Å². The molecule has 0 aliphatic heterocycles. The number of carbonyl (C=O) groups excluding carboxylic acids is 1. The normalized spacial score (nSPS) is 12.1. The number of aliphatic hydroxyl groups excluding tert-OH is 1. The van der Waals surface area contributed by atoms with Crippen molar-refractivity contribution in [2.75, 3.05) is 11.9 Å². The lowest BCUT2D eigenvalue weighted by Crippen LogP contribution is -2.32. The Balaban J connectivity index is 1.57. The van der Waals surface area contributed by atoms with Gasteiger partial charge in [-0.25, -0.2) is 9.78 Å². The SMILES string of the molecule is Cc1ccc(C(O)CNC(=O)Nc2ccc3oc(C)nc3c2)cc1. The van der Waals surface area contributed by atoms with Crippen LogP contribution in [0.25, 0.3) is 11.1 Å². The highest BCUT2D eigenvalue weighted by atomic mass is 16.3. The molecule has 0 saturated carbocycles. The number of hydrogen-bond donors (Lipinski definition) is 3. The topological polar surface area (TPSA) is 87.4 Å². The minimum absolute atomic E-state index is 0.125. The highest BCUT2D eigenvalue weighted by Crippen LogP contribution is 2.19. The summed E-state index contributed by atoms with van der Waals surface area (Å²) in [5.74, 6) is 0.577. The standard InChI is InChI=1S/C18H19N3O3/c1-11-3-5-13(6-4-11)16(22)10-19-18(23)21-14-7-8-17-15(9-14)20-12(2)24-17/h3-9,16,22H,10H2,1-2H3,(H2,19,21,23). The van der Waals surface area contributed by atoms with E-state index in [0.29, 0.717) is 22.7 Å². The highest BCUT2D eigenvalue weighted by molar-refractivity contribution is 5.91. The fraction of sp³-hybridized carbons (Fsp3) is 0.222. The summed E-state index contributed by atoms with van der Waals surface area (Å²) < 4.78 is 5.39. The zero-order chi connectivity index (χ0) is 17.1. The molecule has 124 valence electrons. The predicted molar refractivity (Wildman–Crippen MR) is 91.9 cm³/mol. The molecular weight excluding hydrogens is 306 g/mol. The molecule has 1 aromatic heterocycles. The molecule has 3 N–H and O–H groups in total. The second-order valence-electron chi connectivity index (χ2n) is 5.68. The summed E-state index contributed by atoms with van der Waals surface area (Å²) >= 11 is 0. The van der Waals surface area contributed by atoms with E-state index in [2.05, 4.69) is 15.6 Å². The number of rotatable bonds is 4. The Morgan fingerprint density at radius 3 is 2.71 bits per heavy atom. The van der Waals surface area contributed by atoms with Crippen LogP contribution in [0, 0.1) is 13.8 Å². The van der Waals surface area contributed by atoms with Gasteiger partial charge in [0, 0.05) is 19.2 Å². The van der Waals surface area contributed by atoms with Crippen molar-refractivity contribution in [3.8, 4) is 0 Å². The summed E-state index contributed by atoms with van der Waals surface area (Å²) in [5.41, 5.74) is 3.85. The number of nitrogens with zero attached hydrogens (tertiary/aromatic N) is 1. The first kappa shape index (κ1) is 16.0. The highest BCUT2D eigenvalue weighted by Gasteiger charge is 2.10. The summed E-state index contributed by atoms with van der Waals surface area (Å²) in [4.78, 5) is 16.2. The first-order valence-corrected chi connectivity index (χ1v) is 7.68. The van der Waals surface area contributed by atoms with Crippen LogP contribution in [-0.2, 0) is 0 Å². The average molecular weight is 325 g/mol. The lowest BCUT2D eigenvalue weighted by atomic mass is 10.1. The molecule has 0 aliphatic carbocycles. The number of amides is 2. The van der Waals surface area contributed by atoms with Crippen molar-refractivity contribution in [1.82, 2.24) is 10.3 Å². The second-order valence-corrected chi connectivity index (χ2v) is 5.68. The van der Waals surface area contributed by atoms with Crippen molar-refractivity contribution in [2.24, 2.45) is 0 Å². The molecule has 0 bridgehead atoms. The van der Waals surface area contributed by atoms with Crippen molar-refractivity contribution in [3.05, 3.63) is 59.5 Å². The number of aromatic nitrogens is 1. The quantitative estimate of drug-likeness (QED) is 0.687. The van der Waals surface area contributed by atoms with E-state index >= 15 is 0 Å². The molecule has 1 unspecified atom stereocenters. The zero-order valence-electron chi connectivity index (χ0n) is 13.5. The van der Waals surface area contributed by atoms with Gasteiger partial charge >= 0.3 is 6.03 Å². The van der Waals surface area contributed by atoms with Crippen LogP contribution in [0.5, 0.6) is 0 Å². The van der Waals surface area contributed by atoms with Crippen molar-refractivity contribution in [1.29, 1.82) is 0 Å². The number of aliphatic hydroxyl groups is 1. The van der Waals surface area contributed by atoms with Crippen LogP contribution < -0.4 is 10.6 Å². The van der Waals surface area contributed by atoms with Gasteiger partial charge < -0.3 is 20.2 Å². The first-order valence-electron chi connectivity index (χ1n) is 7.68. The number of hydrogen-bond acceptors (Lipinski definition) is 4. The van der Waals surface area contributed by atoms with Crippen molar-refractivity contribution in [2.45, 2.75) is 20.0 Å². The third kappa shape index (κ3) is 3.72. The number of oxazole rings is 1. The molecule has 1 heterocycles. The van der Waals surface area contributed by atoms with E-state index in [0.717, 1.165) is 11.1 Å². The number of aryl methyl sites for hydroxylation is 2. The Kier molecular flexibility index (Phi) is 4.48. The lowest BCUT2D eigenvalue weighted by Gasteiger charge is -2.13. The maximum Gasteiger partial charge on any atom is 0.319 e. The van der Waals surface area contributed by atoms with Gasteiger partial charge in [-0.1, -0.05) is 29.8 Å². The van der Waals surface area contributed by atoms with Gasteiger partial charge in [0.05, 0.1) is 6.10 Å². The van der Waals surface area contributed by atoms with Gasteiger partial charge in [0.25, 0.3) is 0 Å². The molecule has 24 heavy (non-hydrogen) atoms. The Morgan fingerprint density at radius 1 is 1.21 bits per heavy atom. The summed E-state index contributed by atoms with van der Waals surface area (Å²) in [6.45, 7) is 3.88. The minimum Gasteiger partial charge on any atom is -0.441 e. The van der Waals surface area contributed by atoms with E-state index < -0.39 is 6.10 Å². The van der Waals surface area contributed by atoms with Gasteiger partial charge in [0.1, 0.15) is 5.52 Å². The van der Waals surface area contributed by atoms with Crippen LogP contribution in [0.15, 0.2) is 46.9 Å². The maximum atomic E-state index is 12.0. The molecule has 3 rings (SSSR count). The maximum absolute atomic E-state index is 12.0. The van der Waals surface area contributed by atoms with E-state index in [1.165, 1.54) is 0 Å². The number of carbonyl (C=O) groups is 1. The molecule has 0 saturated heterocycles. The van der Waals surface area contributed by atoms with E-state index in [-0.39, 0.29) is 12.6 Å². The van der Waals surface area contributed by atoms with Gasteiger partial charge in [-0.05, 0) is 30.7 Å². The number of anilines is 1. The largest absolute Gasteiger partial charge is 0.441 e. The van der Waals surface area contributed by atoms with Crippen LogP contribution >= 0.6 is 0 Å². The summed E-state index contributed by atoms with van der Waals surface area (Å²) in [6, 6.07) is 12.4. The van der Waals surface area contributed by atoms with E-state index in [9.17, 15) is 9.90 Å². The third-order valence-corrected chi connectivity index (χ3v) is 3.67. The molecule has 0 aliphatic rings.